The molecule has 0 spiro atoms. The van der Waals surface area contributed by atoms with Gasteiger partial charge in [0.15, 0.2) is 0 Å². The third kappa shape index (κ3) is 3.72. The van der Waals surface area contributed by atoms with Crippen molar-refractivity contribution in [2.75, 3.05) is 12.0 Å². The highest BCUT2D eigenvalue weighted by Gasteiger charge is 2.30. The molecule has 90 valence electrons. The molecule has 1 aromatic rings. The van der Waals surface area contributed by atoms with Crippen molar-refractivity contribution < 1.29 is 13.2 Å². The summed E-state index contributed by atoms with van der Waals surface area (Å²) in [7, 11) is 0. The Hall–Kier alpha value is -0.680. The highest BCUT2D eigenvalue weighted by Crippen LogP contribution is 2.30. The fraction of sp³-hybridized carbons (Fsp3) is 0.455. The van der Waals surface area contributed by atoms with Crippen LogP contribution in [-0.4, -0.2) is 12.0 Å². The van der Waals surface area contributed by atoms with Gasteiger partial charge in [-0.2, -0.15) is 24.9 Å². The van der Waals surface area contributed by atoms with Crippen LogP contribution in [0.2, 0.25) is 0 Å². The zero-order chi connectivity index (χ0) is 12.2. The number of thioether (sulfide) groups is 1. The van der Waals surface area contributed by atoms with E-state index in [-0.39, 0.29) is 6.04 Å². The van der Waals surface area contributed by atoms with E-state index in [9.17, 15) is 13.2 Å². The SMILES string of the molecule is CSCCC(N)c1cccc(C(F)(F)F)c1. The second-order valence-electron chi connectivity index (χ2n) is 3.51. The summed E-state index contributed by atoms with van der Waals surface area (Å²) in [6.45, 7) is 0. The van der Waals surface area contributed by atoms with Crippen LogP contribution in [0.4, 0.5) is 13.2 Å². The van der Waals surface area contributed by atoms with Gasteiger partial charge in [-0.05, 0) is 36.1 Å². The van der Waals surface area contributed by atoms with Crippen LogP contribution in [0.5, 0.6) is 0 Å². The van der Waals surface area contributed by atoms with Crippen molar-refractivity contribution in [3.8, 4) is 0 Å². The average Bonchev–Trinajstić information content (AvgIpc) is 2.25. The van der Waals surface area contributed by atoms with E-state index in [1.165, 1.54) is 6.07 Å². The summed E-state index contributed by atoms with van der Waals surface area (Å²) < 4.78 is 37.3. The van der Waals surface area contributed by atoms with E-state index in [0.29, 0.717) is 12.0 Å². The second-order valence-corrected chi connectivity index (χ2v) is 4.50. The van der Waals surface area contributed by atoms with Crippen LogP contribution in [0.1, 0.15) is 23.6 Å². The zero-order valence-corrected chi connectivity index (χ0v) is 9.74. The Morgan fingerprint density at radius 2 is 2.06 bits per heavy atom. The molecule has 0 heterocycles. The molecule has 0 saturated heterocycles. The number of halogens is 3. The molecule has 0 fully saturated rings. The summed E-state index contributed by atoms with van der Waals surface area (Å²) in [5.41, 5.74) is 5.72. The van der Waals surface area contributed by atoms with E-state index < -0.39 is 11.7 Å². The Morgan fingerprint density at radius 3 is 2.62 bits per heavy atom. The lowest BCUT2D eigenvalue weighted by atomic mass is 10.0. The molecule has 0 aromatic heterocycles. The zero-order valence-electron chi connectivity index (χ0n) is 8.92. The molecule has 1 rings (SSSR count). The second kappa shape index (κ2) is 5.59. The van der Waals surface area contributed by atoms with Gasteiger partial charge in [0.25, 0.3) is 0 Å². The van der Waals surface area contributed by atoms with E-state index in [4.69, 9.17) is 5.73 Å². The van der Waals surface area contributed by atoms with Crippen molar-refractivity contribution in [1.29, 1.82) is 0 Å². The van der Waals surface area contributed by atoms with Gasteiger partial charge in [-0.3, -0.25) is 0 Å². The maximum absolute atomic E-state index is 12.4. The van der Waals surface area contributed by atoms with Crippen molar-refractivity contribution >= 4 is 11.8 Å². The molecule has 0 radical (unpaired) electrons. The molecule has 0 aliphatic heterocycles. The molecule has 0 saturated carbocycles. The summed E-state index contributed by atoms with van der Waals surface area (Å²) >= 11 is 1.63. The van der Waals surface area contributed by atoms with Gasteiger partial charge in [-0.15, -0.1) is 0 Å². The van der Waals surface area contributed by atoms with E-state index in [1.54, 1.807) is 17.8 Å². The van der Waals surface area contributed by atoms with Crippen LogP contribution in [0.3, 0.4) is 0 Å². The fourth-order valence-corrected chi connectivity index (χ4v) is 1.85. The average molecular weight is 249 g/mol. The maximum atomic E-state index is 12.4. The summed E-state index contributed by atoms with van der Waals surface area (Å²) in [4.78, 5) is 0. The monoisotopic (exact) mass is 249 g/mol. The first kappa shape index (κ1) is 13.4. The minimum Gasteiger partial charge on any atom is -0.324 e. The quantitative estimate of drug-likeness (QED) is 0.884. The number of benzene rings is 1. The van der Waals surface area contributed by atoms with Gasteiger partial charge in [0.2, 0.25) is 0 Å². The van der Waals surface area contributed by atoms with Crippen molar-refractivity contribution in [3.63, 3.8) is 0 Å². The van der Waals surface area contributed by atoms with Crippen LogP contribution in [0.15, 0.2) is 24.3 Å². The molecule has 0 aliphatic rings. The molecule has 5 heteroatoms. The van der Waals surface area contributed by atoms with E-state index in [1.807, 2.05) is 6.26 Å². The normalized spacial score (nSPS) is 13.8. The first-order valence-electron chi connectivity index (χ1n) is 4.87. The van der Waals surface area contributed by atoms with Crippen LogP contribution in [-0.2, 0) is 6.18 Å². The van der Waals surface area contributed by atoms with Crippen LogP contribution in [0.25, 0.3) is 0 Å². The smallest absolute Gasteiger partial charge is 0.324 e. The van der Waals surface area contributed by atoms with Crippen molar-refractivity contribution in [2.45, 2.75) is 18.6 Å². The van der Waals surface area contributed by atoms with Crippen LogP contribution < -0.4 is 5.73 Å². The predicted octanol–water partition coefficient (Wildman–Crippen LogP) is 3.46. The standard InChI is InChI=1S/C11H14F3NS/c1-16-6-5-10(15)8-3-2-4-9(7-8)11(12,13)14/h2-4,7,10H,5-6,15H2,1H3. The highest BCUT2D eigenvalue weighted by molar-refractivity contribution is 7.98. The molecular formula is C11H14F3NS. The Morgan fingerprint density at radius 1 is 1.38 bits per heavy atom. The first-order valence-corrected chi connectivity index (χ1v) is 6.26. The minimum absolute atomic E-state index is 0.324. The summed E-state index contributed by atoms with van der Waals surface area (Å²) in [6.07, 6.45) is -1.67. The molecule has 1 unspecified atom stereocenters. The largest absolute Gasteiger partial charge is 0.416 e. The van der Waals surface area contributed by atoms with Crippen LogP contribution in [0, 0.1) is 0 Å². The predicted molar refractivity (Wildman–Crippen MR) is 61.4 cm³/mol. The molecule has 1 aromatic carbocycles. The third-order valence-electron chi connectivity index (χ3n) is 2.28. The number of hydrogen-bond donors (Lipinski definition) is 1. The van der Waals surface area contributed by atoms with Crippen molar-refractivity contribution in [1.82, 2.24) is 0 Å². The van der Waals surface area contributed by atoms with Crippen molar-refractivity contribution in [3.05, 3.63) is 35.4 Å². The summed E-state index contributed by atoms with van der Waals surface area (Å²) in [5.74, 6) is 0.845. The molecule has 16 heavy (non-hydrogen) atoms. The Balaban J connectivity index is 2.82. The first-order chi connectivity index (χ1) is 7.45. The van der Waals surface area contributed by atoms with E-state index >= 15 is 0 Å². The lowest BCUT2D eigenvalue weighted by Gasteiger charge is -2.13. The number of rotatable bonds is 4. The number of hydrogen-bond acceptors (Lipinski definition) is 2. The lowest BCUT2D eigenvalue weighted by molar-refractivity contribution is -0.137. The molecule has 0 aliphatic carbocycles. The Bertz CT molecular complexity index is 338. The fourth-order valence-electron chi connectivity index (χ4n) is 1.36. The lowest BCUT2D eigenvalue weighted by Crippen LogP contribution is -2.13. The van der Waals surface area contributed by atoms with Crippen LogP contribution >= 0.6 is 11.8 Å². The highest BCUT2D eigenvalue weighted by atomic mass is 32.2. The van der Waals surface area contributed by atoms with Gasteiger partial charge in [0.1, 0.15) is 0 Å². The molecule has 0 bridgehead atoms. The van der Waals surface area contributed by atoms with E-state index in [0.717, 1.165) is 17.9 Å². The Kier molecular flexibility index (Phi) is 4.68. The molecule has 1 nitrogen and oxygen atoms in total. The van der Waals surface area contributed by atoms with Gasteiger partial charge in [-0.25, -0.2) is 0 Å². The third-order valence-corrected chi connectivity index (χ3v) is 2.92. The number of alkyl halides is 3. The van der Waals surface area contributed by atoms with Gasteiger partial charge < -0.3 is 5.73 Å². The topological polar surface area (TPSA) is 26.0 Å². The molecule has 2 N–H and O–H groups in total. The van der Waals surface area contributed by atoms with Gasteiger partial charge in [-0.1, -0.05) is 12.1 Å². The molecule has 1 atom stereocenters. The number of nitrogens with two attached hydrogens (primary N) is 1. The minimum atomic E-state index is -4.30. The summed E-state index contributed by atoms with van der Waals surface area (Å²) in [5, 5.41) is 0. The Labute approximate surface area is 97.2 Å². The van der Waals surface area contributed by atoms with Crippen molar-refractivity contribution in [2.24, 2.45) is 5.73 Å². The van der Waals surface area contributed by atoms with E-state index in [2.05, 4.69) is 0 Å². The van der Waals surface area contributed by atoms with Gasteiger partial charge >= 0.3 is 6.18 Å². The maximum Gasteiger partial charge on any atom is 0.416 e. The molecular weight excluding hydrogens is 235 g/mol. The van der Waals surface area contributed by atoms with Gasteiger partial charge in [0, 0.05) is 6.04 Å². The summed E-state index contributed by atoms with van der Waals surface area (Å²) in [6, 6.07) is 4.90. The van der Waals surface area contributed by atoms with Gasteiger partial charge in [0.05, 0.1) is 5.56 Å². The molecule has 0 amide bonds.